The SMILES string of the molecule is C=C(S/C(C=O)=C(/OCOC)C(C)CCC)c1ccccc1OC(F)F. The summed E-state index contributed by atoms with van der Waals surface area (Å²) < 4.78 is 40.3. The Bertz CT molecular complexity index is 632. The van der Waals surface area contributed by atoms with Crippen molar-refractivity contribution in [3.63, 3.8) is 0 Å². The molecular weight excluding hydrogens is 362 g/mol. The molecule has 0 aromatic heterocycles. The Kier molecular flexibility index (Phi) is 9.98. The Labute approximate surface area is 157 Å². The van der Waals surface area contributed by atoms with Crippen LogP contribution in [0.4, 0.5) is 8.78 Å². The van der Waals surface area contributed by atoms with Gasteiger partial charge in [-0.3, -0.25) is 4.79 Å². The van der Waals surface area contributed by atoms with Gasteiger partial charge in [0.1, 0.15) is 11.5 Å². The number of benzene rings is 1. The molecular formula is C19H24F2O4S. The van der Waals surface area contributed by atoms with Gasteiger partial charge in [-0.15, -0.1) is 0 Å². The van der Waals surface area contributed by atoms with Crippen LogP contribution in [0.3, 0.4) is 0 Å². The third-order valence-corrected chi connectivity index (χ3v) is 4.47. The summed E-state index contributed by atoms with van der Waals surface area (Å²) in [4.78, 5) is 12.4. The van der Waals surface area contributed by atoms with Gasteiger partial charge in [-0.05, 0) is 12.5 Å². The van der Waals surface area contributed by atoms with E-state index in [1.54, 1.807) is 18.2 Å². The highest BCUT2D eigenvalue weighted by Gasteiger charge is 2.19. The first-order valence-electron chi connectivity index (χ1n) is 8.16. The number of methoxy groups -OCH3 is 1. The summed E-state index contributed by atoms with van der Waals surface area (Å²) in [5.41, 5.74) is 0.395. The molecule has 26 heavy (non-hydrogen) atoms. The number of carbonyl (C=O) groups excluding carboxylic acids is 1. The average Bonchev–Trinajstić information content (AvgIpc) is 2.61. The minimum atomic E-state index is -2.94. The lowest BCUT2D eigenvalue weighted by molar-refractivity contribution is -0.104. The predicted octanol–water partition coefficient (Wildman–Crippen LogP) is 5.46. The van der Waals surface area contributed by atoms with Crippen LogP contribution in [0.25, 0.3) is 4.91 Å². The van der Waals surface area contributed by atoms with E-state index in [-0.39, 0.29) is 18.5 Å². The largest absolute Gasteiger partial charge is 0.470 e. The molecule has 1 rings (SSSR count). The fourth-order valence-electron chi connectivity index (χ4n) is 2.36. The summed E-state index contributed by atoms with van der Waals surface area (Å²) in [6, 6.07) is 6.32. The smallest absolute Gasteiger partial charge is 0.387 e. The zero-order valence-electron chi connectivity index (χ0n) is 15.2. The molecule has 0 amide bonds. The van der Waals surface area contributed by atoms with Crippen LogP contribution in [0.2, 0.25) is 0 Å². The first kappa shape index (κ1) is 22.2. The molecule has 0 aliphatic heterocycles. The first-order valence-corrected chi connectivity index (χ1v) is 8.98. The zero-order chi connectivity index (χ0) is 19.5. The molecule has 7 heteroatoms. The number of allylic oxidation sites excluding steroid dienone is 2. The minimum absolute atomic E-state index is 0.00297. The Hall–Kier alpha value is -1.86. The number of rotatable bonds is 12. The van der Waals surface area contributed by atoms with E-state index in [2.05, 4.69) is 11.3 Å². The third kappa shape index (κ3) is 6.80. The lowest BCUT2D eigenvalue weighted by atomic mass is 10.0. The zero-order valence-corrected chi connectivity index (χ0v) is 16.0. The molecule has 0 aliphatic carbocycles. The Morgan fingerprint density at radius 1 is 1.35 bits per heavy atom. The van der Waals surface area contributed by atoms with Gasteiger partial charge in [-0.2, -0.15) is 8.78 Å². The highest BCUT2D eigenvalue weighted by Crippen LogP contribution is 2.39. The molecule has 0 N–H and O–H groups in total. The van der Waals surface area contributed by atoms with E-state index >= 15 is 0 Å². The van der Waals surface area contributed by atoms with E-state index in [0.29, 0.717) is 27.4 Å². The van der Waals surface area contributed by atoms with Crippen LogP contribution in [0.5, 0.6) is 5.75 Å². The first-order chi connectivity index (χ1) is 12.4. The van der Waals surface area contributed by atoms with Crippen molar-refractivity contribution in [2.45, 2.75) is 33.3 Å². The number of para-hydroxylation sites is 1. The number of hydrogen-bond donors (Lipinski definition) is 0. The summed E-state index contributed by atoms with van der Waals surface area (Å²) in [6.45, 7) is 4.97. The van der Waals surface area contributed by atoms with Gasteiger partial charge in [0.05, 0.1) is 4.91 Å². The summed E-state index contributed by atoms with van der Waals surface area (Å²) in [7, 11) is 1.49. The standard InChI is InChI=1S/C19H24F2O4S/c1-5-8-13(2)18(24-12-23-4)17(11-22)26-14(3)15-9-6-7-10-16(15)25-19(20)21/h6-7,9-11,13,19H,3,5,8,12H2,1-2,4H3/b18-17+. The fourth-order valence-corrected chi connectivity index (χ4v) is 3.31. The molecule has 0 aliphatic rings. The van der Waals surface area contributed by atoms with E-state index in [0.717, 1.165) is 24.6 Å². The fraction of sp³-hybridized carbons (Fsp3) is 0.421. The summed E-state index contributed by atoms with van der Waals surface area (Å²) >= 11 is 1.06. The maximum Gasteiger partial charge on any atom is 0.387 e. The molecule has 1 aromatic rings. The highest BCUT2D eigenvalue weighted by atomic mass is 32.2. The number of thioether (sulfide) groups is 1. The summed E-state index contributed by atoms with van der Waals surface area (Å²) in [6.07, 6.45) is 2.43. The molecule has 0 saturated heterocycles. The average molecular weight is 386 g/mol. The van der Waals surface area contributed by atoms with E-state index < -0.39 is 6.61 Å². The number of aldehydes is 1. The van der Waals surface area contributed by atoms with Crippen LogP contribution >= 0.6 is 11.8 Å². The van der Waals surface area contributed by atoms with Gasteiger partial charge < -0.3 is 14.2 Å². The van der Waals surface area contributed by atoms with Crippen molar-refractivity contribution in [3.8, 4) is 5.75 Å². The summed E-state index contributed by atoms with van der Waals surface area (Å²) in [5, 5.41) is 0. The van der Waals surface area contributed by atoms with Crippen LogP contribution in [-0.4, -0.2) is 26.8 Å². The van der Waals surface area contributed by atoms with Crippen LogP contribution in [-0.2, 0) is 14.3 Å². The van der Waals surface area contributed by atoms with E-state index in [1.165, 1.54) is 13.2 Å². The number of ether oxygens (including phenoxy) is 3. The van der Waals surface area contributed by atoms with Gasteiger partial charge >= 0.3 is 6.61 Å². The Morgan fingerprint density at radius 2 is 2.04 bits per heavy atom. The Balaban J connectivity index is 3.13. The molecule has 0 bridgehead atoms. The topological polar surface area (TPSA) is 44.8 Å². The molecule has 0 saturated carbocycles. The lowest BCUT2D eigenvalue weighted by Crippen LogP contribution is -2.09. The van der Waals surface area contributed by atoms with Gasteiger partial charge in [0.15, 0.2) is 13.1 Å². The Morgan fingerprint density at radius 3 is 2.62 bits per heavy atom. The van der Waals surface area contributed by atoms with Crippen molar-refractivity contribution in [1.29, 1.82) is 0 Å². The second-order valence-corrected chi connectivity index (χ2v) is 6.62. The number of alkyl halides is 2. The van der Waals surface area contributed by atoms with Crippen molar-refractivity contribution >= 4 is 23.0 Å². The molecule has 1 aromatic carbocycles. The van der Waals surface area contributed by atoms with Gasteiger partial charge in [0.25, 0.3) is 0 Å². The molecule has 1 unspecified atom stereocenters. The van der Waals surface area contributed by atoms with Crippen molar-refractivity contribution in [3.05, 3.63) is 47.1 Å². The molecule has 0 radical (unpaired) electrons. The predicted molar refractivity (Wildman–Crippen MR) is 99.8 cm³/mol. The van der Waals surface area contributed by atoms with Crippen LogP contribution in [0.15, 0.2) is 41.5 Å². The van der Waals surface area contributed by atoms with Crippen LogP contribution < -0.4 is 4.74 Å². The van der Waals surface area contributed by atoms with Crippen molar-refractivity contribution < 1.29 is 27.8 Å². The monoisotopic (exact) mass is 386 g/mol. The third-order valence-electron chi connectivity index (χ3n) is 3.49. The van der Waals surface area contributed by atoms with Gasteiger partial charge in [-0.1, -0.05) is 56.8 Å². The van der Waals surface area contributed by atoms with E-state index in [1.807, 2.05) is 13.8 Å². The van der Waals surface area contributed by atoms with Gasteiger partial charge in [0.2, 0.25) is 0 Å². The maximum atomic E-state index is 12.6. The molecule has 0 heterocycles. The van der Waals surface area contributed by atoms with E-state index in [4.69, 9.17) is 9.47 Å². The second kappa shape index (κ2) is 11.7. The van der Waals surface area contributed by atoms with Crippen molar-refractivity contribution in [1.82, 2.24) is 0 Å². The highest BCUT2D eigenvalue weighted by molar-refractivity contribution is 8.12. The van der Waals surface area contributed by atoms with E-state index in [9.17, 15) is 13.6 Å². The molecule has 0 fully saturated rings. The van der Waals surface area contributed by atoms with Crippen molar-refractivity contribution in [2.75, 3.05) is 13.9 Å². The molecule has 4 nitrogen and oxygen atoms in total. The number of carbonyl (C=O) groups is 1. The van der Waals surface area contributed by atoms with Gasteiger partial charge in [0, 0.05) is 23.5 Å². The minimum Gasteiger partial charge on any atom is -0.470 e. The quantitative estimate of drug-likeness (QED) is 0.207. The normalized spacial score (nSPS) is 13.2. The van der Waals surface area contributed by atoms with Crippen LogP contribution in [0.1, 0.15) is 32.3 Å². The molecule has 1 atom stereocenters. The number of hydrogen-bond acceptors (Lipinski definition) is 5. The van der Waals surface area contributed by atoms with Crippen LogP contribution in [0, 0.1) is 5.92 Å². The van der Waals surface area contributed by atoms with Crippen molar-refractivity contribution in [2.24, 2.45) is 5.92 Å². The lowest BCUT2D eigenvalue weighted by Gasteiger charge is -2.19. The number of halogens is 2. The molecule has 0 spiro atoms. The summed E-state index contributed by atoms with van der Waals surface area (Å²) in [5.74, 6) is 0.511. The molecule has 144 valence electrons. The second-order valence-electron chi connectivity index (χ2n) is 5.49. The maximum absolute atomic E-state index is 12.6. The van der Waals surface area contributed by atoms with Gasteiger partial charge in [-0.25, -0.2) is 0 Å².